The van der Waals surface area contributed by atoms with E-state index in [4.69, 9.17) is 5.11 Å². The van der Waals surface area contributed by atoms with Gasteiger partial charge in [0.25, 0.3) is 0 Å². The maximum absolute atomic E-state index is 12.2. The second-order valence-corrected chi connectivity index (χ2v) is 5.36. The summed E-state index contributed by atoms with van der Waals surface area (Å²) in [7, 11) is 1.86. The van der Waals surface area contributed by atoms with Crippen LogP contribution in [0.2, 0.25) is 0 Å². The number of hydrogen-bond acceptors (Lipinski definition) is 3. The third-order valence-electron chi connectivity index (χ3n) is 3.53. The fraction of sp³-hybridized carbons (Fsp3) is 0.643. The fourth-order valence-corrected chi connectivity index (χ4v) is 2.15. The van der Waals surface area contributed by atoms with Gasteiger partial charge in [0.05, 0.1) is 12.1 Å². The number of rotatable bonds is 6. The Labute approximate surface area is 124 Å². The van der Waals surface area contributed by atoms with Gasteiger partial charge in [-0.15, -0.1) is 0 Å². The maximum atomic E-state index is 12.2. The molecule has 0 aliphatic heterocycles. The second-order valence-electron chi connectivity index (χ2n) is 5.36. The molecule has 0 aromatic carbocycles. The van der Waals surface area contributed by atoms with E-state index in [9.17, 15) is 9.59 Å². The Morgan fingerprint density at radius 1 is 1.38 bits per heavy atom. The first-order chi connectivity index (χ1) is 9.73. The molecular formula is C14H24N4O3. The number of amides is 2. The first-order valence-corrected chi connectivity index (χ1v) is 6.99. The number of nitrogens with zero attached hydrogens (tertiary/aromatic N) is 3. The number of carbonyl (C=O) groups is 2. The molecule has 0 unspecified atom stereocenters. The predicted molar refractivity (Wildman–Crippen MR) is 79.0 cm³/mol. The minimum absolute atomic E-state index is 0.0551. The third kappa shape index (κ3) is 4.47. The number of aliphatic carboxylic acids is 1. The molecule has 0 saturated heterocycles. The van der Waals surface area contributed by atoms with E-state index in [1.807, 2.05) is 34.7 Å². The van der Waals surface area contributed by atoms with Crippen molar-refractivity contribution in [1.29, 1.82) is 0 Å². The van der Waals surface area contributed by atoms with Gasteiger partial charge in [0.2, 0.25) is 0 Å². The SMILES string of the molecule is Cc1nn(C)c(C)c1CNC(=O)N(CCC(=O)O)C(C)C. The van der Waals surface area contributed by atoms with E-state index < -0.39 is 5.97 Å². The topological polar surface area (TPSA) is 87.5 Å². The zero-order valence-corrected chi connectivity index (χ0v) is 13.3. The molecule has 2 N–H and O–H groups in total. The van der Waals surface area contributed by atoms with Crippen LogP contribution in [0.3, 0.4) is 0 Å². The number of carbonyl (C=O) groups excluding carboxylic acids is 1. The van der Waals surface area contributed by atoms with E-state index >= 15 is 0 Å². The summed E-state index contributed by atoms with van der Waals surface area (Å²) in [5, 5.41) is 15.9. The molecule has 0 fully saturated rings. The first kappa shape index (κ1) is 17.0. The van der Waals surface area contributed by atoms with Crippen molar-refractivity contribution in [3.8, 4) is 0 Å². The van der Waals surface area contributed by atoms with Crippen molar-refractivity contribution in [2.45, 2.75) is 46.7 Å². The lowest BCUT2D eigenvalue weighted by molar-refractivity contribution is -0.137. The lowest BCUT2D eigenvalue weighted by Crippen LogP contribution is -2.44. The van der Waals surface area contributed by atoms with Gasteiger partial charge < -0.3 is 15.3 Å². The standard InChI is InChI=1S/C14H24N4O3/c1-9(2)18(7-6-13(19)20)14(21)15-8-12-10(3)16-17(5)11(12)4/h9H,6-8H2,1-5H3,(H,15,21)(H,19,20). The van der Waals surface area contributed by atoms with E-state index in [0.717, 1.165) is 17.0 Å². The quantitative estimate of drug-likeness (QED) is 0.831. The van der Waals surface area contributed by atoms with Crippen molar-refractivity contribution in [1.82, 2.24) is 20.0 Å². The zero-order valence-electron chi connectivity index (χ0n) is 13.3. The van der Waals surface area contributed by atoms with Crippen molar-refractivity contribution in [2.24, 2.45) is 7.05 Å². The van der Waals surface area contributed by atoms with Gasteiger partial charge >= 0.3 is 12.0 Å². The van der Waals surface area contributed by atoms with E-state index in [1.165, 1.54) is 4.90 Å². The van der Waals surface area contributed by atoms with Gasteiger partial charge in [-0.25, -0.2) is 4.79 Å². The van der Waals surface area contributed by atoms with Gasteiger partial charge in [0.15, 0.2) is 0 Å². The summed E-state index contributed by atoms with van der Waals surface area (Å²) in [6.45, 7) is 8.17. The Morgan fingerprint density at radius 3 is 2.43 bits per heavy atom. The number of nitrogens with one attached hydrogen (secondary N) is 1. The van der Waals surface area contributed by atoms with Crippen molar-refractivity contribution in [3.05, 3.63) is 17.0 Å². The lowest BCUT2D eigenvalue weighted by Gasteiger charge is -2.26. The van der Waals surface area contributed by atoms with Crippen molar-refractivity contribution in [3.63, 3.8) is 0 Å². The fourth-order valence-electron chi connectivity index (χ4n) is 2.15. The van der Waals surface area contributed by atoms with Gasteiger partial charge in [-0.2, -0.15) is 5.10 Å². The summed E-state index contributed by atoms with van der Waals surface area (Å²) in [5.41, 5.74) is 2.89. The normalized spacial score (nSPS) is 10.8. The van der Waals surface area contributed by atoms with Crippen molar-refractivity contribution in [2.75, 3.05) is 6.54 Å². The molecule has 1 heterocycles. The van der Waals surface area contributed by atoms with Crippen LogP contribution in [0.4, 0.5) is 4.79 Å². The Kier molecular flexibility index (Phi) is 5.75. The van der Waals surface area contributed by atoms with Crippen LogP contribution in [0.15, 0.2) is 0 Å². The van der Waals surface area contributed by atoms with Crippen LogP contribution in [0.1, 0.15) is 37.2 Å². The molecule has 0 aliphatic carbocycles. The highest BCUT2D eigenvalue weighted by Crippen LogP contribution is 2.11. The molecule has 7 nitrogen and oxygen atoms in total. The monoisotopic (exact) mass is 296 g/mol. The van der Waals surface area contributed by atoms with Crippen LogP contribution in [0.25, 0.3) is 0 Å². The molecule has 0 saturated carbocycles. The van der Waals surface area contributed by atoms with Gasteiger partial charge in [0, 0.05) is 37.4 Å². The highest BCUT2D eigenvalue weighted by Gasteiger charge is 2.18. The number of carboxylic acid groups (broad SMARTS) is 1. The molecular weight excluding hydrogens is 272 g/mol. The van der Waals surface area contributed by atoms with Crippen LogP contribution in [0, 0.1) is 13.8 Å². The molecule has 2 amide bonds. The zero-order chi connectivity index (χ0) is 16.2. The van der Waals surface area contributed by atoms with Gasteiger partial charge in [-0.1, -0.05) is 0 Å². The first-order valence-electron chi connectivity index (χ1n) is 6.99. The minimum Gasteiger partial charge on any atom is -0.481 e. The van der Waals surface area contributed by atoms with E-state index in [-0.39, 0.29) is 25.0 Å². The number of aryl methyl sites for hydroxylation is 2. The molecule has 1 rings (SSSR count). The van der Waals surface area contributed by atoms with Crippen LogP contribution in [-0.4, -0.2) is 44.4 Å². The van der Waals surface area contributed by atoms with E-state index in [0.29, 0.717) is 6.54 Å². The predicted octanol–water partition coefficient (Wildman–Crippen LogP) is 1.43. The third-order valence-corrected chi connectivity index (χ3v) is 3.53. The molecule has 0 bridgehead atoms. The van der Waals surface area contributed by atoms with E-state index in [2.05, 4.69) is 10.4 Å². The Balaban J connectivity index is 2.67. The Hall–Kier alpha value is -2.05. The number of hydrogen-bond donors (Lipinski definition) is 2. The Bertz CT molecular complexity index is 523. The molecule has 0 spiro atoms. The average molecular weight is 296 g/mol. The lowest BCUT2D eigenvalue weighted by atomic mass is 10.2. The van der Waals surface area contributed by atoms with Crippen LogP contribution >= 0.6 is 0 Å². The maximum Gasteiger partial charge on any atom is 0.317 e. The summed E-state index contributed by atoms with van der Waals surface area (Å²) >= 11 is 0. The largest absolute Gasteiger partial charge is 0.481 e. The number of carboxylic acids is 1. The summed E-state index contributed by atoms with van der Waals surface area (Å²) < 4.78 is 1.78. The molecule has 21 heavy (non-hydrogen) atoms. The second kappa shape index (κ2) is 7.10. The van der Waals surface area contributed by atoms with Crippen molar-refractivity contribution >= 4 is 12.0 Å². The molecule has 0 atom stereocenters. The van der Waals surface area contributed by atoms with E-state index in [1.54, 1.807) is 4.68 Å². The van der Waals surface area contributed by atoms with Gasteiger partial charge in [0.1, 0.15) is 0 Å². The number of urea groups is 1. The molecule has 0 radical (unpaired) electrons. The summed E-state index contributed by atoms with van der Waals surface area (Å²) in [5.74, 6) is -0.910. The molecule has 1 aromatic heterocycles. The van der Waals surface area contributed by atoms with Gasteiger partial charge in [-0.05, 0) is 27.7 Å². The summed E-state index contributed by atoms with van der Waals surface area (Å²) in [6, 6.07) is -0.311. The number of aromatic nitrogens is 2. The highest BCUT2D eigenvalue weighted by atomic mass is 16.4. The molecule has 1 aromatic rings. The average Bonchev–Trinajstić information content (AvgIpc) is 2.60. The van der Waals surface area contributed by atoms with Crippen LogP contribution < -0.4 is 5.32 Å². The molecule has 0 aliphatic rings. The van der Waals surface area contributed by atoms with Crippen LogP contribution in [0.5, 0.6) is 0 Å². The van der Waals surface area contributed by atoms with Gasteiger partial charge in [-0.3, -0.25) is 9.48 Å². The molecule has 118 valence electrons. The van der Waals surface area contributed by atoms with Crippen LogP contribution in [-0.2, 0) is 18.4 Å². The summed E-state index contributed by atoms with van der Waals surface area (Å²) in [6.07, 6.45) is -0.0590. The van der Waals surface area contributed by atoms with Crippen molar-refractivity contribution < 1.29 is 14.7 Å². The molecule has 7 heteroatoms. The summed E-state index contributed by atoms with van der Waals surface area (Å²) in [4.78, 5) is 24.4. The Morgan fingerprint density at radius 2 is 2.00 bits per heavy atom. The minimum atomic E-state index is -0.910. The highest BCUT2D eigenvalue weighted by molar-refractivity contribution is 5.75. The smallest absolute Gasteiger partial charge is 0.317 e.